The van der Waals surface area contributed by atoms with E-state index in [0.717, 1.165) is 10.5 Å². The Balaban J connectivity index is 2.02. The number of hydrogen-bond donors (Lipinski definition) is 5. The van der Waals surface area contributed by atoms with Gasteiger partial charge < -0.3 is 26.0 Å². The smallest absolute Gasteiger partial charge is 0.332 e. The Hall–Kier alpha value is -4.84. The minimum Gasteiger partial charge on any atom is -0.481 e. The van der Waals surface area contributed by atoms with Gasteiger partial charge in [-0.15, -0.1) is 0 Å². The lowest BCUT2D eigenvalue weighted by molar-refractivity contribution is -0.137. The molecule has 6 amide bonds. The molecule has 0 spiro atoms. The van der Waals surface area contributed by atoms with Crippen LogP contribution in [-0.4, -0.2) is 52.1 Å². The highest BCUT2D eigenvalue weighted by molar-refractivity contribution is 6.31. The number of nitrogens with zero attached hydrogens (tertiary/aromatic N) is 2. The zero-order valence-electron chi connectivity index (χ0n) is 23.4. The van der Waals surface area contributed by atoms with Crippen LogP contribution in [0.15, 0.2) is 65.6 Å². The maximum absolute atomic E-state index is 13.8. The lowest BCUT2D eigenvalue weighted by Gasteiger charge is -2.30. The van der Waals surface area contributed by atoms with Gasteiger partial charge in [-0.3, -0.25) is 14.5 Å². The van der Waals surface area contributed by atoms with Crippen LogP contribution in [-0.2, 0) is 11.3 Å². The SMILES string of the molecule is CCNC(=O)N(CC)C(=O)N(Cc1ccccc1Cl)c1cc[nH]c(=O)c1NC(=O)N[C@@H](CC(=O)O)c1ccc(C)cc1. The van der Waals surface area contributed by atoms with Gasteiger partial charge in [0.15, 0.2) is 0 Å². The van der Waals surface area contributed by atoms with Crippen LogP contribution >= 0.6 is 11.6 Å². The number of anilines is 2. The van der Waals surface area contributed by atoms with Crippen LogP contribution in [0.1, 0.15) is 43.0 Å². The number of benzene rings is 2. The van der Waals surface area contributed by atoms with Gasteiger partial charge in [0.2, 0.25) is 0 Å². The number of urea groups is 3. The summed E-state index contributed by atoms with van der Waals surface area (Å²) in [5.41, 5.74) is 1.00. The fraction of sp³-hybridized carbons (Fsp3) is 0.276. The van der Waals surface area contributed by atoms with Crippen molar-refractivity contribution in [1.29, 1.82) is 0 Å². The van der Waals surface area contributed by atoms with Crippen LogP contribution in [0.2, 0.25) is 5.02 Å². The number of amides is 6. The number of hydrogen-bond acceptors (Lipinski definition) is 5. The summed E-state index contributed by atoms with van der Waals surface area (Å²) in [6.07, 6.45) is 0.888. The summed E-state index contributed by atoms with van der Waals surface area (Å²) in [6.45, 7) is 5.37. The van der Waals surface area contributed by atoms with Crippen LogP contribution in [0.3, 0.4) is 0 Å². The van der Waals surface area contributed by atoms with Crippen molar-refractivity contribution < 1.29 is 24.3 Å². The number of carbonyl (C=O) groups excluding carboxylic acids is 3. The normalized spacial score (nSPS) is 11.2. The number of aromatic amines is 1. The third-order valence-electron chi connectivity index (χ3n) is 6.27. The highest BCUT2D eigenvalue weighted by atomic mass is 35.5. The number of pyridine rings is 1. The number of H-pyrrole nitrogens is 1. The van der Waals surface area contributed by atoms with Crippen molar-refractivity contribution >= 4 is 47.0 Å². The van der Waals surface area contributed by atoms with Crippen molar-refractivity contribution in [3.63, 3.8) is 0 Å². The Bertz CT molecular complexity index is 1490. The Morgan fingerprint density at radius 2 is 1.71 bits per heavy atom. The molecule has 0 bridgehead atoms. The monoisotopic (exact) mass is 596 g/mol. The Kier molecular flexibility index (Phi) is 11.1. The van der Waals surface area contributed by atoms with Gasteiger partial charge in [0.1, 0.15) is 5.69 Å². The molecular formula is C29H33ClN6O6. The first-order valence-corrected chi connectivity index (χ1v) is 13.6. The van der Waals surface area contributed by atoms with E-state index in [1.165, 1.54) is 17.2 Å². The van der Waals surface area contributed by atoms with Crippen molar-refractivity contribution in [1.82, 2.24) is 20.5 Å². The largest absolute Gasteiger partial charge is 0.481 e. The molecule has 0 aliphatic heterocycles. The van der Waals surface area contributed by atoms with E-state index in [9.17, 15) is 29.1 Å². The van der Waals surface area contributed by atoms with E-state index in [-0.39, 0.29) is 31.0 Å². The minimum atomic E-state index is -1.14. The van der Waals surface area contributed by atoms with E-state index in [0.29, 0.717) is 16.1 Å². The Labute approximate surface area is 247 Å². The maximum Gasteiger partial charge on any atom is 0.332 e. The van der Waals surface area contributed by atoms with Crippen molar-refractivity contribution in [2.24, 2.45) is 0 Å². The van der Waals surface area contributed by atoms with E-state index in [1.54, 1.807) is 62.4 Å². The quantitative estimate of drug-likeness (QED) is 0.224. The molecule has 2 aromatic carbocycles. The Morgan fingerprint density at radius 3 is 2.33 bits per heavy atom. The van der Waals surface area contributed by atoms with E-state index < -0.39 is 42.1 Å². The lowest BCUT2D eigenvalue weighted by Crippen LogP contribution is -2.50. The molecule has 13 heteroatoms. The van der Waals surface area contributed by atoms with E-state index in [1.807, 2.05) is 6.92 Å². The van der Waals surface area contributed by atoms with Crippen LogP contribution < -0.4 is 26.4 Å². The topological polar surface area (TPSA) is 164 Å². The first kappa shape index (κ1) is 31.7. The number of halogens is 1. The highest BCUT2D eigenvalue weighted by Gasteiger charge is 2.30. The van der Waals surface area contributed by atoms with Crippen molar-refractivity contribution in [3.05, 3.63) is 92.9 Å². The number of carboxylic acids is 1. The summed E-state index contributed by atoms with van der Waals surface area (Å²) in [6, 6.07) is 12.0. The van der Waals surface area contributed by atoms with Gasteiger partial charge in [-0.25, -0.2) is 19.3 Å². The third kappa shape index (κ3) is 8.10. The average molecular weight is 597 g/mol. The molecule has 0 aliphatic rings. The average Bonchev–Trinajstić information content (AvgIpc) is 2.94. The zero-order valence-corrected chi connectivity index (χ0v) is 24.2. The zero-order chi connectivity index (χ0) is 30.8. The number of aromatic nitrogens is 1. The van der Waals surface area contributed by atoms with Crippen LogP contribution in [0, 0.1) is 6.92 Å². The second-order valence-corrected chi connectivity index (χ2v) is 9.67. The summed E-state index contributed by atoms with van der Waals surface area (Å²) < 4.78 is 0. The van der Waals surface area contributed by atoms with E-state index in [4.69, 9.17) is 11.6 Å². The number of aliphatic carboxylic acids is 1. The molecule has 3 aromatic rings. The van der Waals surface area contributed by atoms with Gasteiger partial charge in [-0.05, 0) is 44.0 Å². The summed E-state index contributed by atoms with van der Waals surface area (Å²) in [5, 5.41) is 17.4. The molecule has 0 saturated heterocycles. The van der Waals surface area contributed by atoms with Gasteiger partial charge in [0.05, 0.1) is 24.7 Å². The van der Waals surface area contributed by atoms with Crippen LogP contribution in [0.4, 0.5) is 25.8 Å². The molecule has 3 rings (SSSR count). The number of carboxylic acid groups (broad SMARTS) is 1. The molecule has 0 radical (unpaired) electrons. The van der Waals surface area contributed by atoms with Crippen molar-refractivity contribution in [2.45, 2.75) is 39.8 Å². The van der Waals surface area contributed by atoms with Gasteiger partial charge in [-0.2, -0.15) is 0 Å². The molecule has 1 aromatic heterocycles. The number of rotatable bonds is 10. The molecule has 5 N–H and O–H groups in total. The maximum atomic E-state index is 13.8. The summed E-state index contributed by atoms with van der Waals surface area (Å²) >= 11 is 6.38. The molecule has 222 valence electrons. The molecule has 42 heavy (non-hydrogen) atoms. The van der Waals surface area contributed by atoms with Crippen LogP contribution in [0.25, 0.3) is 0 Å². The van der Waals surface area contributed by atoms with Gasteiger partial charge in [0.25, 0.3) is 5.56 Å². The minimum absolute atomic E-state index is 0.00770. The second-order valence-electron chi connectivity index (χ2n) is 9.27. The van der Waals surface area contributed by atoms with Crippen LogP contribution in [0.5, 0.6) is 0 Å². The first-order valence-electron chi connectivity index (χ1n) is 13.2. The predicted molar refractivity (Wildman–Crippen MR) is 160 cm³/mol. The fourth-order valence-corrected chi connectivity index (χ4v) is 4.35. The fourth-order valence-electron chi connectivity index (χ4n) is 4.16. The highest BCUT2D eigenvalue weighted by Crippen LogP contribution is 2.28. The molecule has 0 unspecified atom stereocenters. The molecule has 0 fully saturated rings. The number of nitrogens with one attached hydrogen (secondary N) is 4. The lowest BCUT2D eigenvalue weighted by atomic mass is 10.0. The Morgan fingerprint density at radius 1 is 1.02 bits per heavy atom. The first-order chi connectivity index (χ1) is 20.0. The number of aryl methyl sites for hydroxylation is 1. The van der Waals surface area contributed by atoms with Gasteiger partial charge >= 0.3 is 24.1 Å². The molecule has 12 nitrogen and oxygen atoms in total. The summed E-state index contributed by atoms with van der Waals surface area (Å²) in [5.74, 6) is -1.14. The molecule has 0 aliphatic carbocycles. The van der Waals surface area contributed by atoms with E-state index in [2.05, 4.69) is 20.9 Å². The van der Waals surface area contributed by atoms with Crippen molar-refractivity contribution in [3.8, 4) is 0 Å². The molecule has 1 atom stereocenters. The third-order valence-corrected chi connectivity index (χ3v) is 6.64. The van der Waals surface area contributed by atoms with E-state index >= 15 is 0 Å². The number of carbonyl (C=O) groups is 4. The van der Waals surface area contributed by atoms with Gasteiger partial charge in [0, 0.05) is 24.3 Å². The standard InChI is InChI=1S/C29H33ClN6O6/c1-4-31-28(41)35(5-2)29(42)36(17-20-8-6-7-9-21(20)30)23-14-15-32-26(39)25(23)34-27(40)33-22(16-24(37)38)19-12-10-18(3)11-13-19/h6-15,22H,4-5,16-17H2,1-3H3,(H,31,41)(H,32,39)(H,37,38)(H2,33,34,40)/t22-/m0/s1. The predicted octanol–water partition coefficient (Wildman–Crippen LogP) is 4.85. The number of imide groups is 1. The summed E-state index contributed by atoms with van der Waals surface area (Å²) in [4.78, 5) is 68.9. The van der Waals surface area contributed by atoms with Gasteiger partial charge in [-0.1, -0.05) is 59.6 Å². The second kappa shape index (κ2) is 14.7. The molecular weight excluding hydrogens is 564 g/mol. The van der Waals surface area contributed by atoms with Crippen molar-refractivity contribution in [2.75, 3.05) is 23.3 Å². The molecule has 1 heterocycles. The molecule has 0 saturated carbocycles. The summed E-state index contributed by atoms with van der Waals surface area (Å²) in [7, 11) is 0.